The fourth-order valence-corrected chi connectivity index (χ4v) is 4.87. The Morgan fingerprint density at radius 3 is 2.83 bits per heavy atom. The van der Waals surface area contributed by atoms with Crippen molar-refractivity contribution in [3.63, 3.8) is 0 Å². The first-order valence-corrected chi connectivity index (χ1v) is 9.17. The fraction of sp³-hybridized carbons (Fsp3) is 0.368. The van der Waals surface area contributed by atoms with Gasteiger partial charge < -0.3 is 4.90 Å². The van der Waals surface area contributed by atoms with Gasteiger partial charge in [-0.1, -0.05) is 25.1 Å². The number of aromatic nitrogens is 2. The van der Waals surface area contributed by atoms with E-state index >= 15 is 0 Å². The van der Waals surface area contributed by atoms with Crippen LogP contribution in [0.2, 0.25) is 0 Å². The number of hydrogen-bond acceptors (Lipinski definition) is 4. The number of thiophene rings is 1. The molecular weight excluding hydrogens is 302 g/mol. The van der Waals surface area contributed by atoms with Gasteiger partial charge in [0, 0.05) is 17.1 Å². The molecule has 0 unspecified atom stereocenters. The second-order valence-electron chi connectivity index (χ2n) is 6.31. The first-order chi connectivity index (χ1) is 11.3. The van der Waals surface area contributed by atoms with Gasteiger partial charge in [0.25, 0.3) is 0 Å². The predicted molar refractivity (Wildman–Crippen MR) is 97.7 cm³/mol. The molecule has 2 aromatic heterocycles. The molecule has 0 aliphatic heterocycles. The van der Waals surface area contributed by atoms with E-state index in [1.54, 1.807) is 6.33 Å². The van der Waals surface area contributed by atoms with Crippen LogP contribution in [-0.4, -0.2) is 16.5 Å². The fourth-order valence-electron chi connectivity index (χ4n) is 3.53. The minimum Gasteiger partial charge on any atom is -0.326 e. The van der Waals surface area contributed by atoms with Crippen molar-refractivity contribution in [1.82, 2.24) is 9.97 Å². The summed E-state index contributed by atoms with van der Waals surface area (Å²) in [6.45, 7) is 5.43. The molecule has 1 aliphatic rings. The highest BCUT2D eigenvalue weighted by molar-refractivity contribution is 7.19. The average molecular weight is 323 g/mol. The zero-order valence-electron chi connectivity index (χ0n) is 13.6. The first-order valence-electron chi connectivity index (χ1n) is 8.35. The molecule has 1 aromatic carbocycles. The number of anilines is 2. The van der Waals surface area contributed by atoms with Crippen molar-refractivity contribution >= 4 is 33.1 Å². The molecule has 0 spiro atoms. The number of aryl methyl sites for hydroxylation is 1. The van der Waals surface area contributed by atoms with Gasteiger partial charge in [0.2, 0.25) is 0 Å². The summed E-state index contributed by atoms with van der Waals surface area (Å²) >= 11 is 1.86. The monoisotopic (exact) mass is 323 g/mol. The van der Waals surface area contributed by atoms with E-state index < -0.39 is 0 Å². The quantitative estimate of drug-likeness (QED) is 0.681. The second kappa shape index (κ2) is 5.93. The molecule has 0 fully saturated rings. The number of benzene rings is 1. The van der Waals surface area contributed by atoms with Crippen LogP contribution in [0.1, 0.15) is 30.7 Å². The van der Waals surface area contributed by atoms with Gasteiger partial charge in [-0.2, -0.15) is 0 Å². The normalized spacial score (nSPS) is 17.2. The van der Waals surface area contributed by atoms with Gasteiger partial charge in [-0.05, 0) is 49.8 Å². The average Bonchev–Trinajstić information content (AvgIpc) is 2.94. The Morgan fingerprint density at radius 2 is 2.04 bits per heavy atom. The van der Waals surface area contributed by atoms with Gasteiger partial charge in [0.15, 0.2) is 0 Å². The molecule has 0 radical (unpaired) electrons. The van der Waals surface area contributed by atoms with Crippen LogP contribution >= 0.6 is 11.3 Å². The van der Waals surface area contributed by atoms with E-state index in [0.717, 1.165) is 29.5 Å². The van der Waals surface area contributed by atoms with E-state index in [2.05, 4.69) is 59.0 Å². The lowest BCUT2D eigenvalue weighted by Crippen LogP contribution is -2.18. The Bertz CT molecular complexity index is 825. The Morgan fingerprint density at radius 1 is 1.22 bits per heavy atom. The lowest BCUT2D eigenvalue weighted by Gasteiger charge is -2.24. The summed E-state index contributed by atoms with van der Waals surface area (Å²) in [6, 6.07) is 10.5. The van der Waals surface area contributed by atoms with Gasteiger partial charge >= 0.3 is 0 Å². The molecule has 3 aromatic rings. The van der Waals surface area contributed by atoms with Crippen molar-refractivity contribution in [2.45, 2.75) is 33.1 Å². The van der Waals surface area contributed by atoms with E-state index in [-0.39, 0.29) is 0 Å². The molecular formula is C19H21N3S. The van der Waals surface area contributed by atoms with Crippen molar-refractivity contribution in [3.8, 4) is 0 Å². The maximum atomic E-state index is 4.68. The highest BCUT2D eigenvalue weighted by atomic mass is 32.1. The van der Waals surface area contributed by atoms with Crippen LogP contribution in [0.25, 0.3) is 10.2 Å². The third-order valence-electron chi connectivity index (χ3n) is 4.71. The highest BCUT2D eigenvalue weighted by Gasteiger charge is 2.24. The van der Waals surface area contributed by atoms with E-state index in [1.807, 2.05) is 11.3 Å². The molecule has 4 heteroatoms. The molecule has 0 N–H and O–H groups in total. The van der Waals surface area contributed by atoms with E-state index in [4.69, 9.17) is 0 Å². The smallest absolute Gasteiger partial charge is 0.145 e. The summed E-state index contributed by atoms with van der Waals surface area (Å²) in [5, 5.41) is 1.28. The summed E-state index contributed by atoms with van der Waals surface area (Å²) < 4.78 is 0. The largest absolute Gasteiger partial charge is 0.326 e. The third-order valence-corrected chi connectivity index (χ3v) is 5.87. The Hall–Kier alpha value is -1.94. The van der Waals surface area contributed by atoms with Crippen molar-refractivity contribution in [2.24, 2.45) is 5.92 Å². The van der Waals surface area contributed by atoms with Gasteiger partial charge in [-0.15, -0.1) is 11.3 Å². The first kappa shape index (κ1) is 14.6. The Labute approximate surface area is 141 Å². The van der Waals surface area contributed by atoms with Crippen LogP contribution < -0.4 is 4.90 Å². The highest BCUT2D eigenvalue weighted by Crippen LogP contribution is 2.41. The van der Waals surface area contributed by atoms with Crippen molar-refractivity contribution in [1.29, 1.82) is 0 Å². The molecule has 0 saturated carbocycles. The lowest BCUT2D eigenvalue weighted by atomic mass is 9.89. The standard InChI is InChI=1S/C19H21N3S/c1-3-22(14-7-5-4-6-8-14)18-17-15-10-9-13(2)11-16(15)23-19(17)21-12-20-18/h4-8,12-13H,3,9-11H2,1-2H3/t13-/m0/s1. The molecule has 2 heterocycles. The maximum Gasteiger partial charge on any atom is 0.145 e. The third kappa shape index (κ3) is 2.51. The van der Waals surface area contributed by atoms with E-state index in [1.165, 1.54) is 34.4 Å². The molecule has 0 saturated heterocycles. The summed E-state index contributed by atoms with van der Waals surface area (Å²) in [7, 11) is 0. The van der Waals surface area contributed by atoms with Crippen molar-refractivity contribution in [2.75, 3.05) is 11.4 Å². The second-order valence-corrected chi connectivity index (χ2v) is 7.39. The number of rotatable bonds is 3. The molecule has 0 bridgehead atoms. The maximum absolute atomic E-state index is 4.68. The number of para-hydroxylation sites is 1. The van der Waals surface area contributed by atoms with Crippen molar-refractivity contribution < 1.29 is 0 Å². The van der Waals surface area contributed by atoms with Crippen molar-refractivity contribution in [3.05, 3.63) is 47.1 Å². The minimum absolute atomic E-state index is 0.781. The van der Waals surface area contributed by atoms with E-state index in [9.17, 15) is 0 Å². The predicted octanol–water partition coefficient (Wildman–Crippen LogP) is 4.97. The minimum atomic E-state index is 0.781. The summed E-state index contributed by atoms with van der Waals surface area (Å²) in [5.41, 5.74) is 2.69. The Kier molecular flexibility index (Phi) is 3.77. The van der Waals surface area contributed by atoms with Gasteiger partial charge in [-0.3, -0.25) is 0 Å². The van der Waals surface area contributed by atoms with Crippen LogP contribution in [0.3, 0.4) is 0 Å². The van der Waals surface area contributed by atoms with Gasteiger partial charge in [0.05, 0.1) is 5.39 Å². The van der Waals surface area contributed by atoms with Crippen LogP contribution in [-0.2, 0) is 12.8 Å². The lowest BCUT2D eigenvalue weighted by molar-refractivity contribution is 0.509. The molecule has 1 aliphatic carbocycles. The van der Waals surface area contributed by atoms with Crippen LogP contribution in [0.4, 0.5) is 11.5 Å². The number of hydrogen-bond donors (Lipinski definition) is 0. The summed E-state index contributed by atoms with van der Waals surface area (Å²) in [6.07, 6.45) is 5.33. The summed E-state index contributed by atoms with van der Waals surface area (Å²) in [4.78, 5) is 14.2. The van der Waals surface area contributed by atoms with Crippen LogP contribution in [0, 0.1) is 5.92 Å². The van der Waals surface area contributed by atoms with Gasteiger partial charge in [-0.25, -0.2) is 9.97 Å². The Balaban J connectivity index is 1.90. The zero-order chi connectivity index (χ0) is 15.8. The molecule has 23 heavy (non-hydrogen) atoms. The topological polar surface area (TPSA) is 29.0 Å². The van der Waals surface area contributed by atoms with Crippen LogP contribution in [0.15, 0.2) is 36.7 Å². The SMILES string of the molecule is CCN(c1ccccc1)c1ncnc2sc3c(c12)CC[C@H](C)C3. The molecule has 118 valence electrons. The molecule has 4 rings (SSSR count). The zero-order valence-corrected chi connectivity index (χ0v) is 14.4. The molecule has 1 atom stereocenters. The number of fused-ring (bicyclic) bond motifs is 3. The van der Waals surface area contributed by atoms with E-state index in [0.29, 0.717) is 0 Å². The summed E-state index contributed by atoms with van der Waals surface area (Å²) in [5.74, 6) is 1.85. The van der Waals surface area contributed by atoms with Crippen LogP contribution in [0.5, 0.6) is 0 Å². The molecule has 0 amide bonds. The molecule has 3 nitrogen and oxygen atoms in total. The van der Waals surface area contributed by atoms with Gasteiger partial charge in [0.1, 0.15) is 17.0 Å². The number of nitrogens with zero attached hydrogens (tertiary/aromatic N) is 3.